The van der Waals surface area contributed by atoms with Crippen LogP contribution in [-0.4, -0.2) is 5.78 Å². The van der Waals surface area contributed by atoms with Crippen molar-refractivity contribution in [3.05, 3.63) is 69.0 Å². The first-order valence-corrected chi connectivity index (χ1v) is 6.59. The standard InChI is InChI=1S/C15H9Cl2FO/c16-13-4-1-8(5-14(13)17)11-7-15(19)12-6-9(18)2-3-10(11)12/h1-6,11H,7H2/t11-/m1/s1. The number of carbonyl (C=O) groups excluding carboxylic acids is 1. The number of hydrogen-bond donors (Lipinski definition) is 0. The second-order valence-electron chi connectivity index (χ2n) is 4.59. The first kappa shape index (κ1) is 12.6. The lowest BCUT2D eigenvalue weighted by molar-refractivity contribution is 0.0991. The first-order valence-electron chi connectivity index (χ1n) is 5.84. The molecule has 0 fully saturated rings. The fraction of sp³-hybridized carbons (Fsp3) is 0.133. The van der Waals surface area contributed by atoms with E-state index in [0.29, 0.717) is 22.0 Å². The molecule has 0 saturated heterocycles. The van der Waals surface area contributed by atoms with Crippen LogP contribution >= 0.6 is 23.2 Å². The average Bonchev–Trinajstić information content (AvgIpc) is 2.70. The predicted molar refractivity (Wildman–Crippen MR) is 73.7 cm³/mol. The zero-order chi connectivity index (χ0) is 13.6. The Morgan fingerprint density at radius 2 is 1.84 bits per heavy atom. The number of ketones is 1. The molecular formula is C15H9Cl2FO. The quantitative estimate of drug-likeness (QED) is 0.735. The molecule has 0 bridgehead atoms. The van der Waals surface area contributed by atoms with Crippen molar-refractivity contribution < 1.29 is 9.18 Å². The minimum atomic E-state index is -0.387. The number of Topliss-reactive ketones (excluding diaryl/α,β-unsaturated/α-hetero) is 1. The van der Waals surface area contributed by atoms with Gasteiger partial charge < -0.3 is 0 Å². The van der Waals surface area contributed by atoms with Gasteiger partial charge in [0, 0.05) is 17.9 Å². The number of benzene rings is 2. The summed E-state index contributed by atoms with van der Waals surface area (Å²) < 4.78 is 13.2. The second kappa shape index (κ2) is 4.62. The third kappa shape index (κ3) is 2.15. The largest absolute Gasteiger partial charge is 0.294 e. The van der Waals surface area contributed by atoms with E-state index >= 15 is 0 Å². The number of hydrogen-bond acceptors (Lipinski definition) is 1. The molecule has 0 N–H and O–H groups in total. The topological polar surface area (TPSA) is 17.1 Å². The Morgan fingerprint density at radius 3 is 2.58 bits per heavy atom. The van der Waals surface area contributed by atoms with E-state index in [1.165, 1.54) is 12.1 Å². The highest BCUT2D eigenvalue weighted by Gasteiger charge is 2.30. The lowest BCUT2D eigenvalue weighted by Crippen LogP contribution is -1.96. The normalized spacial score (nSPS) is 17.6. The molecule has 0 saturated carbocycles. The fourth-order valence-electron chi connectivity index (χ4n) is 2.51. The summed E-state index contributed by atoms with van der Waals surface area (Å²) >= 11 is 11.9. The second-order valence-corrected chi connectivity index (χ2v) is 5.40. The van der Waals surface area contributed by atoms with E-state index in [1.807, 2.05) is 6.07 Å². The van der Waals surface area contributed by atoms with Crippen molar-refractivity contribution in [3.63, 3.8) is 0 Å². The molecule has 0 aliphatic heterocycles. The van der Waals surface area contributed by atoms with Crippen molar-refractivity contribution in [2.75, 3.05) is 0 Å². The molecule has 1 atom stereocenters. The van der Waals surface area contributed by atoms with Crippen molar-refractivity contribution in [3.8, 4) is 0 Å². The highest BCUT2D eigenvalue weighted by molar-refractivity contribution is 6.42. The number of rotatable bonds is 1. The van der Waals surface area contributed by atoms with Crippen LogP contribution in [0.3, 0.4) is 0 Å². The van der Waals surface area contributed by atoms with E-state index in [2.05, 4.69) is 0 Å². The van der Waals surface area contributed by atoms with Gasteiger partial charge in [0.2, 0.25) is 0 Å². The molecule has 2 aromatic rings. The van der Waals surface area contributed by atoms with Crippen LogP contribution < -0.4 is 0 Å². The van der Waals surface area contributed by atoms with Gasteiger partial charge in [-0.1, -0.05) is 35.3 Å². The zero-order valence-corrected chi connectivity index (χ0v) is 11.3. The van der Waals surface area contributed by atoms with Gasteiger partial charge in [-0.05, 0) is 35.4 Å². The van der Waals surface area contributed by atoms with Gasteiger partial charge in [-0.25, -0.2) is 4.39 Å². The molecule has 19 heavy (non-hydrogen) atoms. The van der Waals surface area contributed by atoms with Gasteiger partial charge in [0.25, 0.3) is 0 Å². The van der Waals surface area contributed by atoms with Crippen molar-refractivity contribution in [1.82, 2.24) is 0 Å². The molecule has 3 rings (SSSR count). The smallest absolute Gasteiger partial charge is 0.164 e. The molecule has 0 aromatic heterocycles. The van der Waals surface area contributed by atoms with Gasteiger partial charge in [-0.15, -0.1) is 0 Å². The fourth-order valence-corrected chi connectivity index (χ4v) is 2.81. The summed E-state index contributed by atoms with van der Waals surface area (Å²) in [5, 5.41) is 0.941. The summed E-state index contributed by atoms with van der Waals surface area (Å²) in [6.07, 6.45) is 0.344. The maximum Gasteiger partial charge on any atom is 0.164 e. The van der Waals surface area contributed by atoms with Gasteiger partial charge in [-0.2, -0.15) is 0 Å². The molecule has 0 unspecified atom stereocenters. The Labute approximate surface area is 120 Å². The van der Waals surface area contributed by atoms with Gasteiger partial charge in [0.1, 0.15) is 5.82 Å². The molecule has 0 amide bonds. The van der Waals surface area contributed by atoms with Crippen molar-refractivity contribution in [1.29, 1.82) is 0 Å². The average molecular weight is 295 g/mol. The minimum Gasteiger partial charge on any atom is -0.294 e. The van der Waals surface area contributed by atoms with E-state index in [0.717, 1.165) is 11.1 Å². The summed E-state index contributed by atoms with van der Waals surface area (Å²) in [6, 6.07) is 9.68. The summed E-state index contributed by atoms with van der Waals surface area (Å²) in [4.78, 5) is 11.9. The summed E-state index contributed by atoms with van der Waals surface area (Å²) in [6.45, 7) is 0. The minimum absolute atomic E-state index is 0.0365. The molecule has 1 aliphatic carbocycles. The van der Waals surface area contributed by atoms with Crippen LogP contribution in [0.25, 0.3) is 0 Å². The van der Waals surface area contributed by atoms with Crippen molar-refractivity contribution in [2.45, 2.75) is 12.3 Å². The molecule has 1 nitrogen and oxygen atoms in total. The summed E-state index contributed by atoms with van der Waals surface area (Å²) in [7, 11) is 0. The van der Waals surface area contributed by atoms with Crippen LogP contribution in [0.15, 0.2) is 36.4 Å². The van der Waals surface area contributed by atoms with E-state index in [1.54, 1.807) is 18.2 Å². The van der Waals surface area contributed by atoms with E-state index in [4.69, 9.17) is 23.2 Å². The Bertz CT molecular complexity index is 682. The highest BCUT2D eigenvalue weighted by Crippen LogP contribution is 2.39. The molecule has 4 heteroatoms. The Balaban J connectivity index is 2.09. The Morgan fingerprint density at radius 1 is 1.05 bits per heavy atom. The molecular weight excluding hydrogens is 286 g/mol. The van der Waals surface area contributed by atoms with Crippen LogP contribution in [0, 0.1) is 5.82 Å². The number of fused-ring (bicyclic) bond motifs is 1. The third-order valence-electron chi connectivity index (χ3n) is 3.43. The van der Waals surface area contributed by atoms with Crippen LogP contribution in [0.1, 0.15) is 33.8 Å². The van der Waals surface area contributed by atoms with E-state index in [-0.39, 0.29) is 17.5 Å². The maximum absolute atomic E-state index is 13.2. The van der Waals surface area contributed by atoms with E-state index in [9.17, 15) is 9.18 Å². The van der Waals surface area contributed by atoms with E-state index < -0.39 is 0 Å². The van der Waals surface area contributed by atoms with Gasteiger partial charge >= 0.3 is 0 Å². The molecule has 0 spiro atoms. The lowest BCUT2D eigenvalue weighted by atomic mass is 9.93. The SMILES string of the molecule is O=C1C[C@H](c2ccc(Cl)c(Cl)c2)c2ccc(F)cc21. The molecule has 96 valence electrons. The van der Waals surface area contributed by atoms with Crippen LogP contribution in [0.2, 0.25) is 10.0 Å². The van der Waals surface area contributed by atoms with Crippen LogP contribution in [-0.2, 0) is 0 Å². The number of halogens is 3. The highest BCUT2D eigenvalue weighted by atomic mass is 35.5. The van der Waals surface area contributed by atoms with Crippen molar-refractivity contribution >= 4 is 29.0 Å². The molecule has 0 heterocycles. The Kier molecular flexibility index (Phi) is 3.08. The molecule has 2 aromatic carbocycles. The van der Waals surface area contributed by atoms with Crippen LogP contribution in [0.4, 0.5) is 4.39 Å². The summed E-state index contributed by atoms with van der Waals surface area (Å²) in [5.74, 6) is -0.495. The Hall–Kier alpha value is -1.38. The van der Waals surface area contributed by atoms with Gasteiger partial charge in [0.15, 0.2) is 5.78 Å². The first-order chi connectivity index (χ1) is 9.06. The third-order valence-corrected chi connectivity index (χ3v) is 4.17. The van der Waals surface area contributed by atoms with Gasteiger partial charge in [-0.3, -0.25) is 4.79 Å². The zero-order valence-electron chi connectivity index (χ0n) is 9.79. The molecule has 1 aliphatic rings. The predicted octanol–water partition coefficient (Wildman–Crippen LogP) is 4.85. The molecule has 0 radical (unpaired) electrons. The van der Waals surface area contributed by atoms with Crippen molar-refractivity contribution in [2.24, 2.45) is 0 Å². The summed E-state index contributed by atoms with van der Waals surface area (Å²) in [5.41, 5.74) is 2.24. The maximum atomic E-state index is 13.2. The number of carbonyl (C=O) groups is 1. The lowest BCUT2D eigenvalue weighted by Gasteiger charge is -2.12. The van der Waals surface area contributed by atoms with Crippen LogP contribution in [0.5, 0.6) is 0 Å². The van der Waals surface area contributed by atoms with Gasteiger partial charge in [0.05, 0.1) is 10.0 Å². The monoisotopic (exact) mass is 294 g/mol.